The molecule has 6 heteroatoms. The quantitative estimate of drug-likeness (QED) is 0.873. The van der Waals surface area contributed by atoms with Crippen LogP contribution in [0.15, 0.2) is 24.4 Å². The molecule has 0 unspecified atom stereocenters. The summed E-state index contributed by atoms with van der Waals surface area (Å²) < 4.78 is 0. The van der Waals surface area contributed by atoms with Crippen molar-refractivity contribution in [2.75, 3.05) is 26.2 Å². The molecule has 1 aromatic carbocycles. The summed E-state index contributed by atoms with van der Waals surface area (Å²) in [6.45, 7) is 5.09. The van der Waals surface area contributed by atoms with Gasteiger partial charge in [0.05, 0.1) is 5.92 Å². The lowest BCUT2D eigenvalue weighted by Crippen LogP contribution is -2.42. The van der Waals surface area contributed by atoms with Crippen molar-refractivity contribution < 1.29 is 9.59 Å². The summed E-state index contributed by atoms with van der Waals surface area (Å²) in [5, 5.41) is 1.81. The van der Waals surface area contributed by atoms with E-state index in [1.165, 1.54) is 0 Å². The summed E-state index contributed by atoms with van der Waals surface area (Å²) in [5.74, 6) is 0.775. The van der Waals surface area contributed by atoms with Crippen molar-refractivity contribution in [2.45, 2.75) is 32.6 Å². The molecular formula is C21H26ClN3O2. The number of halogens is 1. The summed E-state index contributed by atoms with van der Waals surface area (Å²) in [6.07, 6.45) is 5.23. The van der Waals surface area contributed by atoms with Crippen LogP contribution in [0, 0.1) is 11.8 Å². The molecule has 1 atom stereocenters. The zero-order chi connectivity index (χ0) is 19.0. The first-order chi connectivity index (χ1) is 13.0. The van der Waals surface area contributed by atoms with E-state index in [2.05, 4.69) is 11.9 Å². The second-order valence-corrected chi connectivity index (χ2v) is 8.44. The lowest BCUT2D eigenvalue weighted by atomic mass is 9.97. The van der Waals surface area contributed by atoms with Gasteiger partial charge in [0.15, 0.2) is 0 Å². The lowest BCUT2D eigenvalue weighted by Gasteiger charge is -2.32. The van der Waals surface area contributed by atoms with Gasteiger partial charge in [0, 0.05) is 54.7 Å². The number of hydrogen-bond acceptors (Lipinski definition) is 2. The molecule has 27 heavy (non-hydrogen) atoms. The smallest absolute Gasteiger partial charge is 0.227 e. The van der Waals surface area contributed by atoms with E-state index in [1.54, 1.807) is 0 Å². The van der Waals surface area contributed by atoms with E-state index in [1.807, 2.05) is 34.2 Å². The molecule has 2 saturated heterocycles. The van der Waals surface area contributed by atoms with E-state index in [-0.39, 0.29) is 17.7 Å². The minimum atomic E-state index is -0.177. The third-order valence-corrected chi connectivity index (χ3v) is 6.27. The van der Waals surface area contributed by atoms with Gasteiger partial charge in [-0.05, 0) is 48.9 Å². The second kappa shape index (κ2) is 7.55. The molecule has 144 valence electrons. The molecule has 3 heterocycles. The summed E-state index contributed by atoms with van der Waals surface area (Å²) in [5.41, 5.74) is 2.20. The van der Waals surface area contributed by atoms with Crippen molar-refractivity contribution in [3.8, 4) is 0 Å². The normalized spacial score (nSPS) is 21.4. The molecule has 2 aliphatic rings. The van der Waals surface area contributed by atoms with Crippen molar-refractivity contribution in [1.29, 1.82) is 0 Å². The maximum atomic E-state index is 12.8. The molecule has 5 nitrogen and oxygen atoms in total. The van der Waals surface area contributed by atoms with Crippen molar-refractivity contribution >= 4 is 34.3 Å². The highest BCUT2D eigenvalue weighted by Gasteiger charge is 2.36. The number of hydrogen-bond donors (Lipinski definition) is 1. The third-order valence-electron chi connectivity index (χ3n) is 6.04. The SMILES string of the molecule is CC1CCN(C(=O)[C@H]2CC(=O)N(CCc3c[nH]c4ccc(Cl)cc34)C2)CC1. The molecule has 1 N–H and O–H groups in total. The fourth-order valence-corrected chi connectivity index (χ4v) is 4.43. The second-order valence-electron chi connectivity index (χ2n) is 8.00. The lowest BCUT2D eigenvalue weighted by molar-refractivity contribution is -0.137. The first-order valence-corrected chi connectivity index (χ1v) is 10.2. The van der Waals surface area contributed by atoms with Crippen LogP contribution in [-0.4, -0.2) is 52.8 Å². The number of amides is 2. The fraction of sp³-hybridized carbons (Fsp3) is 0.524. The van der Waals surface area contributed by atoms with E-state index in [0.717, 1.165) is 48.8 Å². The van der Waals surface area contributed by atoms with Gasteiger partial charge in [-0.15, -0.1) is 0 Å². The van der Waals surface area contributed by atoms with E-state index < -0.39 is 0 Å². The van der Waals surface area contributed by atoms with Crippen molar-refractivity contribution in [3.63, 3.8) is 0 Å². The first kappa shape index (κ1) is 18.4. The maximum absolute atomic E-state index is 12.8. The van der Waals surface area contributed by atoms with E-state index in [4.69, 9.17) is 11.6 Å². The number of aromatic nitrogens is 1. The zero-order valence-electron chi connectivity index (χ0n) is 15.7. The zero-order valence-corrected chi connectivity index (χ0v) is 16.5. The minimum absolute atomic E-state index is 0.0941. The molecule has 1 aromatic heterocycles. The molecule has 0 saturated carbocycles. The standard InChI is InChI=1S/C21H26ClN3O2/c1-14-4-7-24(8-5-14)21(27)16-10-20(26)25(13-16)9-6-15-12-23-19-3-2-17(22)11-18(15)19/h2-3,11-12,14,16,23H,4-10,13H2,1H3/t16-/m0/s1. The summed E-state index contributed by atoms with van der Waals surface area (Å²) in [4.78, 5) is 32.3. The number of likely N-dealkylation sites (tertiary alicyclic amines) is 2. The van der Waals surface area contributed by atoms with E-state index in [0.29, 0.717) is 30.5 Å². The van der Waals surface area contributed by atoms with Gasteiger partial charge in [0.1, 0.15) is 0 Å². The van der Waals surface area contributed by atoms with Crippen molar-refractivity contribution in [1.82, 2.24) is 14.8 Å². The van der Waals surface area contributed by atoms with Gasteiger partial charge in [-0.1, -0.05) is 18.5 Å². The predicted octanol–water partition coefficient (Wildman–Crippen LogP) is 3.47. The van der Waals surface area contributed by atoms with Crippen LogP contribution in [0.1, 0.15) is 31.7 Å². The number of nitrogens with one attached hydrogen (secondary N) is 1. The molecule has 0 aliphatic carbocycles. The molecule has 2 fully saturated rings. The molecule has 0 bridgehead atoms. The number of aromatic amines is 1. The number of rotatable bonds is 4. The number of nitrogens with zero attached hydrogens (tertiary/aromatic N) is 2. The Morgan fingerprint density at radius 3 is 2.85 bits per heavy atom. The number of fused-ring (bicyclic) bond motifs is 1. The topological polar surface area (TPSA) is 56.4 Å². The Labute approximate surface area is 164 Å². The van der Waals surface area contributed by atoms with Crippen LogP contribution < -0.4 is 0 Å². The van der Waals surface area contributed by atoms with Crippen LogP contribution in [0.25, 0.3) is 10.9 Å². The Morgan fingerprint density at radius 1 is 1.30 bits per heavy atom. The highest BCUT2D eigenvalue weighted by Crippen LogP contribution is 2.26. The average molecular weight is 388 g/mol. The Morgan fingerprint density at radius 2 is 2.07 bits per heavy atom. The van der Waals surface area contributed by atoms with Gasteiger partial charge in [0.25, 0.3) is 0 Å². The molecule has 2 aliphatic heterocycles. The van der Waals surface area contributed by atoms with Crippen molar-refractivity contribution in [3.05, 3.63) is 35.0 Å². The van der Waals surface area contributed by atoms with Crippen LogP contribution in [-0.2, 0) is 16.0 Å². The summed E-state index contributed by atoms with van der Waals surface area (Å²) in [7, 11) is 0. The number of piperidine rings is 1. The van der Waals surface area contributed by atoms with Crippen LogP contribution in [0.4, 0.5) is 0 Å². The first-order valence-electron chi connectivity index (χ1n) is 9.83. The third kappa shape index (κ3) is 3.84. The summed E-state index contributed by atoms with van der Waals surface area (Å²) in [6, 6.07) is 5.79. The minimum Gasteiger partial charge on any atom is -0.361 e. The van der Waals surface area contributed by atoms with Crippen LogP contribution in [0.5, 0.6) is 0 Å². The van der Waals surface area contributed by atoms with Crippen LogP contribution >= 0.6 is 11.6 Å². The van der Waals surface area contributed by atoms with Gasteiger partial charge in [-0.3, -0.25) is 9.59 Å². The Bertz CT molecular complexity index is 854. The number of benzene rings is 1. The predicted molar refractivity (Wildman–Crippen MR) is 107 cm³/mol. The Hall–Kier alpha value is -2.01. The Kier molecular flexibility index (Phi) is 5.13. The molecular weight excluding hydrogens is 362 g/mol. The monoisotopic (exact) mass is 387 g/mol. The fourth-order valence-electron chi connectivity index (χ4n) is 4.25. The molecule has 0 radical (unpaired) electrons. The van der Waals surface area contributed by atoms with Gasteiger partial charge in [-0.2, -0.15) is 0 Å². The number of carbonyl (C=O) groups excluding carboxylic acids is 2. The highest BCUT2D eigenvalue weighted by molar-refractivity contribution is 6.31. The number of carbonyl (C=O) groups is 2. The van der Waals surface area contributed by atoms with Gasteiger partial charge < -0.3 is 14.8 Å². The molecule has 4 rings (SSSR count). The van der Waals surface area contributed by atoms with Gasteiger partial charge >= 0.3 is 0 Å². The van der Waals surface area contributed by atoms with Crippen molar-refractivity contribution in [2.24, 2.45) is 11.8 Å². The Balaban J connectivity index is 1.36. The molecule has 2 aromatic rings. The molecule has 0 spiro atoms. The van der Waals surface area contributed by atoms with Crippen LogP contribution in [0.3, 0.4) is 0 Å². The summed E-state index contributed by atoms with van der Waals surface area (Å²) >= 11 is 6.11. The maximum Gasteiger partial charge on any atom is 0.227 e. The number of H-pyrrole nitrogens is 1. The largest absolute Gasteiger partial charge is 0.361 e. The molecule has 2 amide bonds. The van der Waals surface area contributed by atoms with E-state index in [9.17, 15) is 9.59 Å². The van der Waals surface area contributed by atoms with Gasteiger partial charge in [0.2, 0.25) is 11.8 Å². The van der Waals surface area contributed by atoms with Gasteiger partial charge in [-0.25, -0.2) is 0 Å². The van der Waals surface area contributed by atoms with Crippen LogP contribution in [0.2, 0.25) is 5.02 Å². The average Bonchev–Trinajstić information content (AvgIpc) is 3.23. The van der Waals surface area contributed by atoms with E-state index >= 15 is 0 Å². The highest BCUT2D eigenvalue weighted by atomic mass is 35.5.